The van der Waals surface area contributed by atoms with Gasteiger partial charge in [0.1, 0.15) is 0 Å². The van der Waals surface area contributed by atoms with Crippen LogP contribution in [-0.2, 0) is 9.84 Å². The van der Waals surface area contributed by atoms with E-state index >= 15 is 0 Å². The van der Waals surface area contributed by atoms with Gasteiger partial charge < -0.3 is 0 Å². The van der Waals surface area contributed by atoms with Gasteiger partial charge in [-0.2, -0.15) is 20.5 Å². The number of hydrogen-bond acceptors (Lipinski definition) is 8. The van der Waals surface area contributed by atoms with Crippen LogP contribution in [0.1, 0.15) is 34.6 Å². The largest absolute Gasteiger partial charge is 0.295 e. The minimum absolute atomic E-state index is 0.0673. The molecule has 0 spiro atoms. The van der Waals surface area contributed by atoms with Crippen LogP contribution in [0.2, 0.25) is 0 Å². The van der Waals surface area contributed by atoms with Crippen LogP contribution >= 0.6 is 0 Å². The zero-order valence-electron chi connectivity index (χ0n) is 14.9. The van der Waals surface area contributed by atoms with Gasteiger partial charge >= 0.3 is 0 Å². The minimum atomic E-state index is -3.59. The van der Waals surface area contributed by atoms with Crippen molar-refractivity contribution in [2.75, 3.05) is 11.8 Å². The van der Waals surface area contributed by atoms with E-state index < -0.39 is 21.6 Å². The van der Waals surface area contributed by atoms with Gasteiger partial charge in [0, 0.05) is 11.1 Å². The number of azo groups is 2. The van der Waals surface area contributed by atoms with Gasteiger partial charge in [0.05, 0.1) is 11.4 Å². The van der Waals surface area contributed by atoms with Crippen LogP contribution < -0.4 is 0 Å². The molecule has 0 amide bonds. The average Bonchev–Trinajstić information content (AvgIpc) is 2.62. The first-order valence-electron chi connectivity index (χ1n) is 7.94. The molecule has 27 heavy (non-hydrogen) atoms. The van der Waals surface area contributed by atoms with Crippen LogP contribution in [0.25, 0.3) is 0 Å². The quantitative estimate of drug-likeness (QED) is 0.496. The molecular formula is C18H18N4O4S. The number of nitrogens with zero attached hydrogens (tertiary/aromatic N) is 4. The zero-order valence-corrected chi connectivity index (χ0v) is 15.7. The monoisotopic (exact) mass is 386 g/mol. The molecule has 2 rings (SSSR count). The first-order chi connectivity index (χ1) is 12.8. The highest BCUT2D eigenvalue weighted by molar-refractivity contribution is 7.91. The lowest BCUT2D eigenvalue weighted by molar-refractivity contribution is 0.100. The van der Waals surface area contributed by atoms with Gasteiger partial charge in [0.2, 0.25) is 0 Å². The molecule has 0 atom stereocenters. The lowest BCUT2D eigenvalue weighted by atomic mass is 10.1. The molecule has 0 aliphatic heterocycles. The average molecular weight is 386 g/mol. The van der Waals surface area contributed by atoms with Gasteiger partial charge in [-0.25, -0.2) is 8.42 Å². The molecule has 0 unspecified atom stereocenters. The summed E-state index contributed by atoms with van der Waals surface area (Å²) in [5.41, 5.74) is 1.97. The molecule has 0 saturated heterocycles. The van der Waals surface area contributed by atoms with Crippen LogP contribution in [0.4, 0.5) is 11.4 Å². The molecule has 0 heterocycles. The minimum Gasteiger partial charge on any atom is -0.295 e. The second kappa shape index (κ2) is 9.04. The normalized spacial score (nSPS) is 11.9. The molecule has 0 radical (unpaired) electrons. The highest BCUT2D eigenvalue weighted by atomic mass is 32.2. The lowest BCUT2D eigenvalue weighted by Crippen LogP contribution is -2.06. The Labute approximate surface area is 157 Å². The van der Waals surface area contributed by atoms with Crippen LogP contribution in [0, 0.1) is 0 Å². The number of ketones is 2. The van der Waals surface area contributed by atoms with Crippen molar-refractivity contribution in [2.45, 2.75) is 13.8 Å². The Morgan fingerprint density at radius 1 is 0.704 bits per heavy atom. The predicted octanol–water partition coefficient (Wildman–Crippen LogP) is 4.29. The first-order valence-corrected chi connectivity index (χ1v) is 9.76. The fourth-order valence-electron chi connectivity index (χ4n) is 1.96. The first kappa shape index (κ1) is 20.2. The Morgan fingerprint density at radius 3 is 1.33 bits per heavy atom. The summed E-state index contributed by atoms with van der Waals surface area (Å²) in [4.78, 5) is 22.4. The van der Waals surface area contributed by atoms with Gasteiger partial charge in [-0.15, -0.1) is 0 Å². The Balaban J connectivity index is 1.90. The van der Waals surface area contributed by atoms with Crippen molar-refractivity contribution in [3.8, 4) is 0 Å². The van der Waals surface area contributed by atoms with Gasteiger partial charge in [-0.05, 0) is 62.4 Å². The Morgan fingerprint density at radius 2 is 1.04 bits per heavy atom. The van der Waals surface area contributed by atoms with E-state index in [0.29, 0.717) is 22.5 Å². The maximum Gasteiger partial charge on any atom is 0.194 e. The Kier molecular flexibility index (Phi) is 6.78. The van der Waals surface area contributed by atoms with E-state index in [-0.39, 0.29) is 11.6 Å². The summed E-state index contributed by atoms with van der Waals surface area (Å²) in [6.45, 7) is 2.91. The third-order valence-electron chi connectivity index (χ3n) is 3.43. The Bertz CT molecular complexity index is 904. The van der Waals surface area contributed by atoms with Crippen molar-refractivity contribution in [2.24, 2.45) is 20.5 Å². The lowest BCUT2D eigenvalue weighted by Gasteiger charge is -1.98. The Hall–Kier alpha value is -3.07. The third kappa shape index (κ3) is 6.63. The van der Waals surface area contributed by atoms with Gasteiger partial charge in [0.15, 0.2) is 33.2 Å². The van der Waals surface area contributed by atoms with Crippen molar-refractivity contribution in [3.05, 3.63) is 59.7 Å². The van der Waals surface area contributed by atoms with Crippen LogP contribution in [0.15, 0.2) is 69.0 Å². The van der Waals surface area contributed by atoms with Crippen molar-refractivity contribution in [1.29, 1.82) is 0 Å². The maximum atomic E-state index is 11.9. The van der Waals surface area contributed by atoms with Crippen molar-refractivity contribution < 1.29 is 18.0 Å². The van der Waals surface area contributed by atoms with E-state index in [4.69, 9.17) is 0 Å². The molecule has 140 valence electrons. The molecule has 2 aromatic carbocycles. The topological polar surface area (TPSA) is 118 Å². The number of Topliss-reactive ketones (excluding diaryl/α,β-unsaturated/α-hetero) is 2. The molecular weight excluding hydrogens is 368 g/mol. The molecule has 0 fully saturated rings. The van der Waals surface area contributed by atoms with E-state index in [9.17, 15) is 18.0 Å². The highest BCUT2D eigenvalue weighted by Gasteiger charge is 2.09. The standard InChI is InChI=1S/C18H18N4O4S/c1-13(23)15-3-7-17(8-4-15)21-19-11-27(25,26)12-20-22-18-9-5-16(6-10-18)14(2)24/h3-10H,11-12H2,1-2H3. The van der Waals surface area contributed by atoms with E-state index in [1.54, 1.807) is 48.5 Å². The van der Waals surface area contributed by atoms with E-state index in [2.05, 4.69) is 20.5 Å². The van der Waals surface area contributed by atoms with Crippen molar-refractivity contribution in [3.63, 3.8) is 0 Å². The summed E-state index contributed by atoms with van der Waals surface area (Å²) in [5.74, 6) is -1.18. The predicted molar refractivity (Wildman–Crippen MR) is 101 cm³/mol. The second-order valence-electron chi connectivity index (χ2n) is 5.69. The fourth-order valence-corrected chi connectivity index (χ4v) is 2.51. The number of sulfone groups is 1. The second-order valence-corrected chi connectivity index (χ2v) is 7.69. The smallest absolute Gasteiger partial charge is 0.194 e. The molecule has 9 heteroatoms. The molecule has 0 aliphatic carbocycles. The van der Waals surface area contributed by atoms with Crippen molar-refractivity contribution in [1.82, 2.24) is 0 Å². The summed E-state index contributed by atoms with van der Waals surface area (Å²) < 4.78 is 23.8. The fraction of sp³-hybridized carbons (Fsp3) is 0.222. The SMILES string of the molecule is CC(=O)c1ccc(N=NCS(=O)(=O)CN=Nc2ccc(C(C)=O)cc2)cc1. The summed E-state index contributed by atoms with van der Waals surface area (Å²) >= 11 is 0. The van der Waals surface area contributed by atoms with E-state index in [1.807, 2.05) is 0 Å². The molecule has 0 saturated carbocycles. The molecule has 0 bridgehead atoms. The molecule has 0 aromatic heterocycles. The van der Waals surface area contributed by atoms with Crippen molar-refractivity contribution >= 4 is 32.8 Å². The van der Waals surface area contributed by atoms with Crippen LogP contribution in [0.5, 0.6) is 0 Å². The zero-order chi connectivity index (χ0) is 19.9. The summed E-state index contributed by atoms with van der Waals surface area (Å²) in [5, 5.41) is 14.9. The van der Waals surface area contributed by atoms with E-state index in [0.717, 1.165) is 0 Å². The van der Waals surface area contributed by atoms with Crippen LogP contribution in [0.3, 0.4) is 0 Å². The highest BCUT2D eigenvalue weighted by Crippen LogP contribution is 2.15. The number of benzene rings is 2. The summed E-state index contributed by atoms with van der Waals surface area (Å²) in [7, 11) is -3.59. The maximum absolute atomic E-state index is 11.9. The van der Waals surface area contributed by atoms with E-state index in [1.165, 1.54) is 13.8 Å². The van der Waals surface area contributed by atoms with Crippen LogP contribution in [-0.4, -0.2) is 31.7 Å². The molecule has 0 aliphatic rings. The summed E-state index contributed by atoms with van der Waals surface area (Å²) in [6, 6.07) is 12.7. The van der Waals surface area contributed by atoms with Gasteiger partial charge in [-0.3, -0.25) is 9.59 Å². The number of rotatable bonds is 8. The molecule has 0 N–H and O–H groups in total. The summed E-state index contributed by atoms with van der Waals surface area (Å²) in [6.07, 6.45) is 0. The third-order valence-corrected chi connectivity index (χ3v) is 4.45. The number of carbonyl (C=O) groups is 2. The van der Waals surface area contributed by atoms with Gasteiger partial charge in [-0.1, -0.05) is 0 Å². The van der Waals surface area contributed by atoms with Gasteiger partial charge in [0.25, 0.3) is 0 Å². The number of hydrogen-bond donors (Lipinski definition) is 0. The molecule has 8 nitrogen and oxygen atoms in total. The number of carbonyl (C=O) groups excluding carboxylic acids is 2. The molecule has 2 aromatic rings.